The number of rotatable bonds is 4. The van der Waals surface area contributed by atoms with Gasteiger partial charge in [0.2, 0.25) is 0 Å². The smallest absolute Gasteiger partial charge is 0.346 e. The lowest BCUT2D eigenvalue weighted by Gasteiger charge is -2.04. The van der Waals surface area contributed by atoms with Crippen molar-refractivity contribution in [2.24, 2.45) is 0 Å². The van der Waals surface area contributed by atoms with Gasteiger partial charge in [0.25, 0.3) is 0 Å². The van der Waals surface area contributed by atoms with Crippen molar-refractivity contribution in [2.75, 3.05) is 0 Å². The molecule has 0 heterocycles. The minimum absolute atomic E-state index is 0.00209. The fourth-order valence-electron chi connectivity index (χ4n) is 2.22. The van der Waals surface area contributed by atoms with Crippen molar-refractivity contribution in [2.45, 2.75) is 0 Å². The van der Waals surface area contributed by atoms with Crippen molar-refractivity contribution in [3.63, 3.8) is 0 Å². The number of aromatic hydroxyl groups is 2. The Balaban J connectivity index is 0.000000357. The summed E-state index contributed by atoms with van der Waals surface area (Å²) < 4.78 is 4.64. The van der Waals surface area contributed by atoms with Crippen LogP contribution < -0.4 is 0 Å². The number of carbonyl (C=O) groups is 4. The highest BCUT2D eigenvalue weighted by Gasteiger charge is 2.16. The standard InChI is InChI=1S/C16H10O7.C6H6O2/c17-13(18)9-4-6-10(7-5-9)15(21)23-16(22)12-3-1-2-11(8-12)14(19)20;7-5-2-1-3-6(8)4-5/h1-8H,(H,17,18)(H,19,20);1-4,7-8H. The minimum Gasteiger partial charge on any atom is -0.508 e. The normalized spacial score (nSPS) is 9.68. The molecule has 0 saturated heterocycles. The van der Waals surface area contributed by atoms with Crippen LogP contribution in [0.15, 0.2) is 72.8 Å². The van der Waals surface area contributed by atoms with Crippen molar-refractivity contribution in [1.29, 1.82) is 0 Å². The number of ether oxygens (including phenoxy) is 1. The van der Waals surface area contributed by atoms with Gasteiger partial charge in [0, 0.05) is 6.07 Å². The van der Waals surface area contributed by atoms with Gasteiger partial charge in [0.05, 0.1) is 22.3 Å². The molecule has 0 aliphatic rings. The van der Waals surface area contributed by atoms with Crippen molar-refractivity contribution >= 4 is 23.9 Å². The maximum Gasteiger partial charge on any atom is 0.346 e. The first-order valence-electron chi connectivity index (χ1n) is 8.58. The van der Waals surface area contributed by atoms with E-state index in [1.54, 1.807) is 6.07 Å². The van der Waals surface area contributed by atoms with Crippen molar-refractivity contribution in [1.82, 2.24) is 0 Å². The molecule has 31 heavy (non-hydrogen) atoms. The Labute approximate surface area is 175 Å². The molecule has 158 valence electrons. The Morgan fingerprint density at radius 2 is 1.00 bits per heavy atom. The van der Waals surface area contributed by atoms with Crippen LogP contribution >= 0.6 is 0 Å². The van der Waals surface area contributed by atoms with Crippen molar-refractivity contribution in [3.8, 4) is 11.5 Å². The zero-order valence-electron chi connectivity index (χ0n) is 15.8. The predicted molar refractivity (Wildman–Crippen MR) is 106 cm³/mol. The fraction of sp³-hybridized carbons (Fsp3) is 0. The van der Waals surface area contributed by atoms with Gasteiger partial charge in [-0.2, -0.15) is 0 Å². The monoisotopic (exact) mass is 424 g/mol. The Kier molecular flexibility index (Phi) is 7.45. The van der Waals surface area contributed by atoms with E-state index in [0.717, 1.165) is 6.07 Å². The fourth-order valence-corrected chi connectivity index (χ4v) is 2.22. The summed E-state index contributed by atoms with van der Waals surface area (Å²) in [5.74, 6) is -4.15. The van der Waals surface area contributed by atoms with Crippen LogP contribution in [-0.4, -0.2) is 44.3 Å². The molecule has 9 nitrogen and oxygen atoms in total. The van der Waals surface area contributed by atoms with E-state index in [-0.39, 0.29) is 33.8 Å². The van der Waals surface area contributed by atoms with Crippen molar-refractivity contribution in [3.05, 3.63) is 95.1 Å². The molecular weight excluding hydrogens is 408 g/mol. The zero-order chi connectivity index (χ0) is 23.0. The molecule has 0 unspecified atom stereocenters. The summed E-state index contributed by atoms with van der Waals surface area (Å²) in [6, 6.07) is 15.7. The van der Waals surface area contributed by atoms with E-state index >= 15 is 0 Å². The molecule has 0 saturated carbocycles. The third kappa shape index (κ3) is 6.71. The highest BCUT2D eigenvalue weighted by molar-refractivity contribution is 6.03. The largest absolute Gasteiger partial charge is 0.508 e. The van der Waals surface area contributed by atoms with E-state index < -0.39 is 23.9 Å². The van der Waals surface area contributed by atoms with Crippen LogP contribution in [-0.2, 0) is 4.74 Å². The Bertz CT molecular complexity index is 1100. The highest BCUT2D eigenvalue weighted by atomic mass is 16.6. The number of hydrogen-bond acceptors (Lipinski definition) is 7. The maximum atomic E-state index is 11.8. The highest BCUT2D eigenvalue weighted by Crippen LogP contribution is 2.15. The first kappa shape index (κ1) is 22.6. The molecular formula is C22H16O9. The summed E-state index contributed by atoms with van der Waals surface area (Å²) in [6.07, 6.45) is 0. The van der Waals surface area contributed by atoms with Crippen LogP contribution in [0.5, 0.6) is 11.5 Å². The molecule has 0 aliphatic heterocycles. The molecule has 0 atom stereocenters. The maximum absolute atomic E-state index is 11.8. The molecule has 0 amide bonds. The van der Waals surface area contributed by atoms with Gasteiger partial charge in [0.1, 0.15) is 11.5 Å². The molecule has 0 spiro atoms. The predicted octanol–water partition coefficient (Wildman–Crippen LogP) is 3.18. The van der Waals surface area contributed by atoms with Crippen LogP contribution in [0.1, 0.15) is 41.4 Å². The van der Waals surface area contributed by atoms with Crippen LogP contribution in [0, 0.1) is 0 Å². The van der Waals surface area contributed by atoms with Crippen LogP contribution in [0.3, 0.4) is 0 Å². The van der Waals surface area contributed by atoms with E-state index in [1.165, 1.54) is 60.7 Å². The number of carbonyl (C=O) groups excluding carboxylic acids is 2. The summed E-state index contributed by atoms with van der Waals surface area (Å²) in [5.41, 5.74) is -0.210. The number of aromatic carboxylic acids is 2. The molecule has 3 aromatic rings. The second-order valence-corrected chi connectivity index (χ2v) is 5.97. The van der Waals surface area contributed by atoms with Crippen molar-refractivity contribution < 1.29 is 44.3 Å². The molecule has 3 aromatic carbocycles. The third-order valence-corrected chi connectivity index (χ3v) is 3.73. The summed E-state index contributed by atoms with van der Waals surface area (Å²) >= 11 is 0. The number of carboxylic acids is 2. The van der Waals surface area contributed by atoms with Crippen LogP contribution in [0.4, 0.5) is 0 Å². The lowest BCUT2D eigenvalue weighted by Crippen LogP contribution is -2.13. The van der Waals surface area contributed by atoms with E-state index in [9.17, 15) is 19.2 Å². The second kappa shape index (κ2) is 10.2. The summed E-state index contributed by atoms with van der Waals surface area (Å²) in [4.78, 5) is 45.2. The first-order valence-corrected chi connectivity index (χ1v) is 8.58. The number of carboxylic acid groups (broad SMARTS) is 2. The SMILES string of the molecule is O=C(O)c1ccc(C(=O)OC(=O)c2cccc(C(=O)O)c2)cc1.Oc1cccc(O)c1. The number of hydrogen-bond donors (Lipinski definition) is 4. The lowest BCUT2D eigenvalue weighted by atomic mass is 10.1. The second-order valence-electron chi connectivity index (χ2n) is 5.97. The molecule has 9 heteroatoms. The Morgan fingerprint density at radius 1 is 0.548 bits per heavy atom. The molecule has 0 fully saturated rings. The third-order valence-electron chi connectivity index (χ3n) is 3.73. The van der Waals surface area contributed by atoms with E-state index in [2.05, 4.69) is 4.74 Å². The number of benzene rings is 3. The summed E-state index contributed by atoms with van der Waals surface area (Å²) in [7, 11) is 0. The van der Waals surface area contributed by atoms with Crippen LogP contribution in [0.2, 0.25) is 0 Å². The molecule has 0 bridgehead atoms. The van der Waals surface area contributed by atoms with Gasteiger partial charge < -0.3 is 25.2 Å². The molecule has 0 radical (unpaired) electrons. The van der Waals surface area contributed by atoms with Gasteiger partial charge in [-0.05, 0) is 54.6 Å². The van der Waals surface area contributed by atoms with Gasteiger partial charge in [-0.1, -0.05) is 12.1 Å². The molecule has 0 aliphatic carbocycles. The lowest BCUT2D eigenvalue weighted by molar-refractivity contribution is 0.0396. The molecule has 4 N–H and O–H groups in total. The van der Waals surface area contributed by atoms with Gasteiger partial charge in [-0.15, -0.1) is 0 Å². The first-order chi connectivity index (χ1) is 14.7. The van der Waals surface area contributed by atoms with E-state index in [0.29, 0.717) is 0 Å². The molecule has 3 rings (SSSR count). The topological polar surface area (TPSA) is 158 Å². The average molecular weight is 424 g/mol. The Morgan fingerprint density at radius 3 is 1.48 bits per heavy atom. The zero-order valence-corrected chi connectivity index (χ0v) is 15.8. The minimum atomic E-state index is -1.21. The molecule has 0 aromatic heterocycles. The average Bonchev–Trinajstić information content (AvgIpc) is 2.74. The number of phenolic OH excluding ortho intramolecular Hbond substituents is 2. The van der Waals surface area contributed by atoms with E-state index in [4.69, 9.17) is 20.4 Å². The Hall–Kier alpha value is -4.66. The van der Waals surface area contributed by atoms with Gasteiger partial charge in [0.15, 0.2) is 0 Å². The summed E-state index contributed by atoms with van der Waals surface area (Å²) in [6.45, 7) is 0. The number of phenols is 2. The number of esters is 2. The van der Waals surface area contributed by atoms with E-state index in [1.807, 2.05) is 0 Å². The van der Waals surface area contributed by atoms with Gasteiger partial charge in [-0.25, -0.2) is 19.2 Å². The van der Waals surface area contributed by atoms with Gasteiger partial charge in [-0.3, -0.25) is 0 Å². The van der Waals surface area contributed by atoms with Crippen LogP contribution in [0.25, 0.3) is 0 Å². The van der Waals surface area contributed by atoms with Gasteiger partial charge >= 0.3 is 23.9 Å². The summed E-state index contributed by atoms with van der Waals surface area (Å²) in [5, 5.41) is 34.9. The quantitative estimate of drug-likeness (QED) is 0.364.